The first-order valence-corrected chi connectivity index (χ1v) is 8.65. The van der Waals surface area contributed by atoms with E-state index in [1.807, 2.05) is 13.0 Å². The molecular weight excluding hydrogens is 350 g/mol. The average molecular weight is 370 g/mol. The second-order valence-electron chi connectivity index (χ2n) is 6.51. The van der Waals surface area contributed by atoms with Crippen LogP contribution in [0.2, 0.25) is 0 Å². The van der Waals surface area contributed by atoms with Crippen molar-refractivity contribution in [3.63, 3.8) is 0 Å². The lowest BCUT2D eigenvalue weighted by atomic mass is 9.95. The Balaban J connectivity index is 1.98. The maximum absolute atomic E-state index is 13.4. The third kappa shape index (κ3) is 4.24. The molecule has 3 rings (SSSR count). The Morgan fingerprint density at radius 1 is 1.15 bits per heavy atom. The van der Waals surface area contributed by atoms with Gasteiger partial charge in [0.05, 0.1) is 7.05 Å². The number of benzene rings is 2. The summed E-state index contributed by atoms with van der Waals surface area (Å²) in [4.78, 5) is 13.4. The lowest BCUT2D eigenvalue weighted by Crippen LogP contribution is -2.06. The third-order valence-corrected chi connectivity index (χ3v) is 4.36. The molecule has 5 nitrogen and oxygen atoms in total. The van der Waals surface area contributed by atoms with Crippen LogP contribution in [0, 0.1) is 0 Å². The van der Waals surface area contributed by atoms with Gasteiger partial charge < -0.3 is 0 Å². The number of nitrogens with zero attached hydrogens (tertiary/aromatic N) is 4. The molecule has 0 atom stereocenters. The molecule has 0 bridgehead atoms. The van der Waals surface area contributed by atoms with Crippen LogP contribution in [0.3, 0.4) is 0 Å². The SMILES string of the molecule is CCC(=O)c1ccc(Cc2ccc(C(C)(F)F)cc2)c(-c2nnn(C)n2)c1. The normalized spacial score (nSPS) is 11.6. The first kappa shape index (κ1) is 18.8. The molecule has 7 heteroatoms. The molecule has 0 saturated carbocycles. The van der Waals surface area contributed by atoms with Crippen molar-refractivity contribution < 1.29 is 13.6 Å². The second-order valence-corrected chi connectivity index (χ2v) is 6.51. The van der Waals surface area contributed by atoms with Crippen LogP contribution in [-0.2, 0) is 19.4 Å². The second kappa shape index (κ2) is 7.34. The van der Waals surface area contributed by atoms with Crippen LogP contribution >= 0.6 is 0 Å². The number of tetrazole rings is 1. The number of carbonyl (C=O) groups is 1. The van der Waals surface area contributed by atoms with Gasteiger partial charge in [0, 0.05) is 30.0 Å². The molecule has 140 valence electrons. The van der Waals surface area contributed by atoms with E-state index in [4.69, 9.17) is 0 Å². The van der Waals surface area contributed by atoms with Crippen molar-refractivity contribution in [3.8, 4) is 11.4 Å². The fraction of sp³-hybridized carbons (Fsp3) is 0.300. The van der Waals surface area contributed by atoms with Gasteiger partial charge >= 0.3 is 0 Å². The maximum atomic E-state index is 13.4. The molecule has 27 heavy (non-hydrogen) atoms. The Morgan fingerprint density at radius 3 is 2.41 bits per heavy atom. The number of rotatable bonds is 6. The van der Waals surface area contributed by atoms with Crippen LogP contribution in [-0.4, -0.2) is 26.0 Å². The van der Waals surface area contributed by atoms with Crippen molar-refractivity contribution >= 4 is 5.78 Å². The molecular formula is C20H20F2N4O. The summed E-state index contributed by atoms with van der Waals surface area (Å²) < 4.78 is 26.8. The van der Waals surface area contributed by atoms with Crippen molar-refractivity contribution in [2.75, 3.05) is 0 Å². The lowest BCUT2D eigenvalue weighted by Gasteiger charge is -2.12. The molecule has 0 radical (unpaired) electrons. The number of carbonyl (C=O) groups excluding carboxylic acids is 1. The highest BCUT2D eigenvalue weighted by molar-refractivity contribution is 5.97. The van der Waals surface area contributed by atoms with Crippen LogP contribution < -0.4 is 0 Å². The molecule has 0 aliphatic carbocycles. The van der Waals surface area contributed by atoms with E-state index in [-0.39, 0.29) is 11.3 Å². The van der Waals surface area contributed by atoms with Gasteiger partial charge in [-0.1, -0.05) is 43.3 Å². The number of Topliss-reactive ketones (excluding diaryl/α,β-unsaturated/α-hetero) is 1. The van der Waals surface area contributed by atoms with Gasteiger partial charge in [-0.25, -0.2) is 8.78 Å². The maximum Gasteiger partial charge on any atom is 0.270 e. The molecule has 2 aromatic carbocycles. The quantitative estimate of drug-likeness (QED) is 0.611. The van der Waals surface area contributed by atoms with Crippen LogP contribution in [0.15, 0.2) is 42.5 Å². The van der Waals surface area contributed by atoms with Crippen molar-refractivity contribution in [3.05, 3.63) is 64.7 Å². The minimum Gasteiger partial charge on any atom is -0.294 e. The van der Waals surface area contributed by atoms with Crippen LogP contribution in [0.4, 0.5) is 8.78 Å². The topological polar surface area (TPSA) is 60.7 Å². The van der Waals surface area contributed by atoms with Gasteiger partial charge in [-0.05, 0) is 28.8 Å². The number of aryl methyl sites for hydroxylation is 1. The van der Waals surface area contributed by atoms with Gasteiger partial charge in [-0.3, -0.25) is 4.79 Å². The van der Waals surface area contributed by atoms with E-state index in [0.29, 0.717) is 29.8 Å². The first-order chi connectivity index (χ1) is 12.8. The molecule has 0 N–H and O–H groups in total. The monoisotopic (exact) mass is 370 g/mol. The Bertz CT molecular complexity index is 959. The number of halogens is 2. The summed E-state index contributed by atoms with van der Waals surface area (Å²) in [5, 5.41) is 12.2. The van der Waals surface area contributed by atoms with Gasteiger partial charge in [-0.2, -0.15) is 4.80 Å². The highest BCUT2D eigenvalue weighted by Crippen LogP contribution is 2.28. The molecule has 0 fully saturated rings. The molecule has 1 aromatic heterocycles. The summed E-state index contributed by atoms with van der Waals surface area (Å²) >= 11 is 0. The predicted octanol–water partition coefficient (Wildman–Crippen LogP) is 4.17. The van der Waals surface area contributed by atoms with Crippen molar-refractivity contribution in [2.45, 2.75) is 32.6 Å². The highest BCUT2D eigenvalue weighted by Gasteiger charge is 2.23. The molecule has 0 unspecified atom stereocenters. The van der Waals surface area contributed by atoms with E-state index in [1.165, 1.54) is 16.9 Å². The van der Waals surface area contributed by atoms with E-state index in [9.17, 15) is 13.6 Å². The molecule has 0 amide bonds. The molecule has 0 aliphatic heterocycles. The number of ketones is 1. The Kier molecular flexibility index (Phi) is 5.12. The van der Waals surface area contributed by atoms with Gasteiger partial charge in [0.15, 0.2) is 5.78 Å². The fourth-order valence-electron chi connectivity index (χ4n) is 2.84. The van der Waals surface area contributed by atoms with Crippen LogP contribution in [0.5, 0.6) is 0 Å². The fourth-order valence-corrected chi connectivity index (χ4v) is 2.84. The summed E-state index contributed by atoms with van der Waals surface area (Å²) in [6.45, 7) is 2.69. The summed E-state index contributed by atoms with van der Waals surface area (Å²) in [6, 6.07) is 11.6. The van der Waals surface area contributed by atoms with Crippen LogP contribution in [0.1, 0.15) is 47.3 Å². The zero-order valence-electron chi connectivity index (χ0n) is 15.4. The largest absolute Gasteiger partial charge is 0.294 e. The van der Waals surface area contributed by atoms with Crippen molar-refractivity contribution in [1.29, 1.82) is 0 Å². The predicted molar refractivity (Wildman–Crippen MR) is 97.7 cm³/mol. The Labute approximate surface area is 156 Å². The summed E-state index contributed by atoms with van der Waals surface area (Å²) in [5.41, 5.74) is 3.05. The lowest BCUT2D eigenvalue weighted by molar-refractivity contribution is 0.0174. The van der Waals surface area contributed by atoms with Crippen LogP contribution in [0.25, 0.3) is 11.4 Å². The minimum atomic E-state index is -2.87. The van der Waals surface area contributed by atoms with E-state index >= 15 is 0 Å². The third-order valence-electron chi connectivity index (χ3n) is 4.36. The molecule has 0 spiro atoms. The minimum absolute atomic E-state index is 0.0223. The van der Waals surface area contributed by atoms with Gasteiger partial charge in [-0.15, -0.1) is 10.2 Å². The van der Waals surface area contributed by atoms with Crippen molar-refractivity contribution in [1.82, 2.24) is 20.2 Å². The van der Waals surface area contributed by atoms with E-state index in [2.05, 4.69) is 15.4 Å². The zero-order chi connectivity index (χ0) is 19.6. The average Bonchev–Trinajstić information content (AvgIpc) is 3.07. The standard InChI is InChI=1S/C20H20F2N4O/c1-4-18(27)15-8-7-14(17(12-15)19-23-25-26(3)24-19)11-13-5-9-16(10-6-13)20(2,21)22/h5-10,12H,4,11H2,1-3H3. The smallest absolute Gasteiger partial charge is 0.270 e. The van der Waals surface area contributed by atoms with E-state index in [0.717, 1.165) is 18.1 Å². The number of hydrogen-bond acceptors (Lipinski definition) is 4. The first-order valence-electron chi connectivity index (χ1n) is 8.65. The highest BCUT2D eigenvalue weighted by atomic mass is 19.3. The zero-order valence-corrected chi connectivity index (χ0v) is 15.4. The number of hydrogen-bond donors (Lipinski definition) is 0. The van der Waals surface area contributed by atoms with Gasteiger partial charge in [0.25, 0.3) is 5.92 Å². The summed E-state index contributed by atoms with van der Waals surface area (Å²) in [5.74, 6) is -2.41. The molecule has 1 heterocycles. The Morgan fingerprint density at radius 2 is 1.85 bits per heavy atom. The van der Waals surface area contributed by atoms with E-state index in [1.54, 1.807) is 31.3 Å². The molecule has 3 aromatic rings. The van der Waals surface area contributed by atoms with Gasteiger partial charge in [0.2, 0.25) is 5.82 Å². The molecule has 0 saturated heterocycles. The number of alkyl halides is 2. The summed E-state index contributed by atoms with van der Waals surface area (Å²) in [6.07, 6.45) is 0.906. The summed E-state index contributed by atoms with van der Waals surface area (Å²) in [7, 11) is 1.67. The van der Waals surface area contributed by atoms with Crippen molar-refractivity contribution in [2.24, 2.45) is 7.05 Å². The van der Waals surface area contributed by atoms with Gasteiger partial charge in [0.1, 0.15) is 0 Å². The molecule has 0 aliphatic rings. The van der Waals surface area contributed by atoms with E-state index < -0.39 is 5.92 Å². The Hall–Kier alpha value is -2.96. The number of aromatic nitrogens is 4.